The van der Waals surface area contributed by atoms with E-state index in [0.29, 0.717) is 11.3 Å². The number of halogens is 3. The molecule has 148 valence electrons. The van der Waals surface area contributed by atoms with Crippen LogP contribution in [0.5, 0.6) is 5.75 Å². The Hall–Kier alpha value is -3.03. The molecule has 0 radical (unpaired) electrons. The topological polar surface area (TPSA) is 58.6 Å². The summed E-state index contributed by atoms with van der Waals surface area (Å²) in [5, 5.41) is 2.37. The van der Waals surface area contributed by atoms with Crippen LogP contribution in [-0.2, 0) is 11.0 Å². The Balaban J connectivity index is 1.52. The molecule has 0 saturated carbocycles. The number of nitrogens with zero attached hydrogens (tertiary/aromatic N) is 1. The number of nitrogens with one attached hydrogen (secondary N) is 1. The van der Waals surface area contributed by atoms with E-state index in [2.05, 4.69) is 5.32 Å². The molecule has 2 aromatic rings. The molecular weight excluding hydrogens is 373 g/mol. The Labute approximate surface area is 160 Å². The minimum atomic E-state index is -4.48. The standard InChI is InChI=1S/C20H19F3N2O3/c21-20(22,23)15-4-3-5-16(12-15)24-18(26)13-28-17-8-6-14(7-9-17)19(27)25-10-1-2-11-25/h3-9,12H,1-2,10-11,13H2,(H,24,26). The molecule has 28 heavy (non-hydrogen) atoms. The number of hydrogen-bond acceptors (Lipinski definition) is 3. The Morgan fingerprint density at radius 3 is 2.36 bits per heavy atom. The molecule has 2 aromatic carbocycles. The van der Waals surface area contributed by atoms with Crippen molar-refractivity contribution in [2.24, 2.45) is 0 Å². The first-order valence-corrected chi connectivity index (χ1v) is 8.82. The van der Waals surface area contributed by atoms with Crippen LogP contribution >= 0.6 is 0 Å². The van der Waals surface area contributed by atoms with Crippen LogP contribution in [-0.4, -0.2) is 36.4 Å². The van der Waals surface area contributed by atoms with Crippen molar-refractivity contribution in [1.29, 1.82) is 0 Å². The smallest absolute Gasteiger partial charge is 0.416 e. The number of carbonyl (C=O) groups is 2. The minimum Gasteiger partial charge on any atom is -0.484 e. The predicted octanol–water partition coefficient (Wildman–Crippen LogP) is 3.96. The lowest BCUT2D eigenvalue weighted by molar-refractivity contribution is -0.137. The highest BCUT2D eigenvalue weighted by Gasteiger charge is 2.30. The van der Waals surface area contributed by atoms with E-state index in [1.54, 1.807) is 29.2 Å². The van der Waals surface area contributed by atoms with E-state index in [9.17, 15) is 22.8 Å². The summed E-state index contributed by atoms with van der Waals surface area (Å²) >= 11 is 0. The Morgan fingerprint density at radius 1 is 1.04 bits per heavy atom. The molecule has 1 aliphatic rings. The fraction of sp³-hybridized carbons (Fsp3) is 0.300. The molecule has 1 fully saturated rings. The van der Waals surface area contributed by atoms with Crippen LogP contribution in [0.1, 0.15) is 28.8 Å². The molecule has 1 saturated heterocycles. The van der Waals surface area contributed by atoms with Crippen LogP contribution in [0.4, 0.5) is 18.9 Å². The van der Waals surface area contributed by atoms with Crippen molar-refractivity contribution in [3.8, 4) is 5.75 Å². The Morgan fingerprint density at radius 2 is 1.71 bits per heavy atom. The number of benzene rings is 2. The highest BCUT2D eigenvalue weighted by atomic mass is 19.4. The molecule has 0 aromatic heterocycles. The zero-order chi connectivity index (χ0) is 20.1. The van der Waals surface area contributed by atoms with Crippen LogP contribution in [0.25, 0.3) is 0 Å². The van der Waals surface area contributed by atoms with Crippen LogP contribution in [0.15, 0.2) is 48.5 Å². The number of hydrogen-bond donors (Lipinski definition) is 1. The first kappa shape index (κ1) is 19.7. The van der Waals surface area contributed by atoms with Gasteiger partial charge in [0.2, 0.25) is 0 Å². The summed E-state index contributed by atoms with van der Waals surface area (Å²) in [6.07, 6.45) is -2.46. The van der Waals surface area contributed by atoms with Crippen LogP contribution in [0.3, 0.4) is 0 Å². The number of rotatable bonds is 5. The van der Waals surface area contributed by atoms with Gasteiger partial charge in [0.25, 0.3) is 11.8 Å². The number of anilines is 1. The molecule has 2 amide bonds. The van der Waals surface area contributed by atoms with E-state index < -0.39 is 17.6 Å². The molecular formula is C20H19F3N2O3. The fourth-order valence-electron chi connectivity index (χ4n) is 2.92. The highest BCUT2D eigenvalue weighted by molar-refractivity contribution is 5.94. The van der Waals surface area contributed by atoms with Crippen molar-refractivity contribution in [2.45, 2.75) is 19.0 Å². The van der Waals surface area contributed by atoms with Gasteiger partial charge >= 0.3 is 6.18 Å². The van der Waals surface area contributed by atoms with Gasteiger partial charge in [-0.1, -0.05) is 6.07 Å². The molecule has 0 aliphatic carbocycles. The first-order valence-electron chi connectivity index (χ1n) is 8.82. The Bertz CT molecular complexity index is 845. The lowest BCUT2D eigenvalue weighted by atomic mass is 10.2. The predicted molar refractivity (Wildman–Crippen MR) is 97.1 cm³/mol. The zero-order valence-corrected chi connectivity index (χ0v) is 15.0. The summed E-state index contributed by atoms with van der Waals surface area (Å²) < 4.78 is 43.4. The van der Waals surface area contributed by atoms with Crippen molar-refractivity contribution in [3.05, 3.63) is 59.7 Å². The second-order valence-corrected chi connectivity index (χ2v) is 6.44. The number of alkyl halides is 3. The summed E-state index contributed by atoms with van der Waals surface area (Å²) in [5.41, 5.74) is -0.262. The maximum absolute atomic E-state index is 12.7. The molecule has 1 heterocycles. The molecule has 3 rings (SSSR count). The number of carbonyl (C=O) groups excluding carboxylic acids is 2. The van der Waals surface area contributed by atoms with Crippen molar-refractivity contribution >= 4 is 17.5 Å². The van der Waals surface area contributed by atoms with Gasteiger partial charge in [0.1, 0.15) is 5.75 Å². The largest absolute Gasteiger partial charge is 0.484 e. The van der Waals surface area contributed by atoms with Gasteiger partial charge in [0, 0.05) is 24.3 Å². The zero-order valence-electron chi connectivity index (χ0n) is 15.0. The second-order valence-electron chi connectivity index (χ2n) is 6.44. The quantitative estimate of drug-likeness (QED) is 0.838. The van der Waals surface area contributed by atoms with E-state index >= 15 is 0 Å². The third kappa shape index (κ3) is 5.03. The maximum atomic E-state index is 12.7. The van der Waals surface area contributed by atoms with E-state index in [0.717, 1.165) is 38.1 Å². The van der Waals surface area contributed by atoms with Crippen LogP contribution in [0.2, 0.25) is 0 Å². The third-order valence-corrected chi connectivity index (χ3v) is 4.34. The second kappa shape index (κ2) is 8.33. The summed E-state index contributed by atoms with van der Waals surface area (Å²) in [4.78, 5) is 26.0. The molecule has 0 atom stereocenters. The summed E-state index contributed by atoms with van der Waals surface area (Å²) in [7, 11) is 0. The van der Waals surface area contributed by atoms with Gasteiger partial charge in [-0.2, -0.15) is 13.2 Å². The van der Waals surface area contributed by atoms with E-state index in [1.165, 1.54) is 12.1 Å². The number of amides is 2. The SMILES string of the molecule is O=C(COc1ccc(C(=O)N2CCCC2)cc1)Nc1cccc(C(F)(F)F)c1. The van der Waals surface area contributed by atoms with Gasteiger partial charge in [0.05, 0.1) is 5.56 Å². The molecule has 1 aliphatic heterocycles. The van der Waals surface area contributed by atoms with E-state index in [4.69, 9.17) is 4.74 Å². The van der Waals surface area contributed by atoms with E-state index in [1.807, 2.05) is 0 Å². The van der Waals surface area contributed by atoms with Crippen LogP contribution < -0.4 is 10.1 Å². The average molecular weight is 392 g/mol. The van der Waals surface area contributed by atoms with Gasteiger partial charge in [-0.05, 0) is 55.3 Å². The van der Waals surface area contributed by atoms with Gasteiger partial charge < -0.3 is 15.0 Å². The first-order chi connectivity index (χ1) is 13.3. The van der Waals surface area contributed by atoms with Crippen LogP contribution in [0, 0.1) is 0 Å². The monoisotopic (exact) mass is 392 g/mol. The van der Waals surface area contributed by atoms with Crippen molar-refractivity contribution in [3.63, 3.8) is 0 Å². The van der Waals surface area contributed by atoms with Crippen molar-refractivity contribution in [1.82, 2.24) is 4.90 Å². The molecule has 1 N–H and O–H groups in total. The van der Waals surface area contributed by atoms with Crippen molar-refractivity contribution in [2.75, 3.05) is 25.0 Å². The summed E-state index contributed by atoms with van der Waals surface area (Å²) in [6.45, 7) is 1.15. The Kier molecular flexibility index (Phi) is 5.87. The molecule has 0 bridgehead atoms. The normalized spacial score (nSPS) is 14.0. The van der Waals surface area contributed by atoms with Gasteiger partial charge in [-0.3, -0.25) is 9.59 Å². The average Bonchev–Trinajstić information content (AvgIpc) is 3.20. The summed E-state index contributed by atoms with van der Waals surface area (Å²) in [6, 6.07) is 10.8. The highest BCUT2D eigenvalue weighted by Crippen LogP contribution is 2.30. The number of ether oxygens (including phenoxy) is 1. The maximum Gasteiger partial charge on any atom is 0.416 e. The van der Waals surface area contributed by atoms with Gasteiger partial charge in [-0.15, -0.1) is 0 Å². The van der Waals surface area contributed by atoms with Crippen molar-refractivity contribution < 1.29 is 27.5 Å². The van der Waals surface area contributed by atoms with Gasteiger partial charge in [-0.25, -0.2) is 0 Å². The third-order valence-electron chi connectivity index (χ3n) is 4.34. The molecule has 8 heteroatoms. The number of likely N-dealkylation sites (tertiary alicyclic amines) is 1. The summed E-state index contributed by atoms with van der Waals surface area (Å²) in [5.74, 6) is -0.236. The molecule has 5 nitrogen and oxygen atoms in total. The lowest BCUT2D eigenvalue weighted by Gasteiger charge is -2.15. The minimum absolute atomic E-state index is 0.0358. The van der Waals surface area contributed by atoms with E-state index in [-0.39, 0.29) is 18.2 Å². The fourth-order valence-corrected chi connectivity index (χ4v) is 2.92. The lowest BCUT2D eigenvalue weighted by Crippen LogP contribution is -2.27. The van der Waals surface area contributed by atoms with Gasteiger partial charge in [0.15, 0.2) is 6.61 Å². The molecule has 0 unspecified atom stereocenters. The molecule has 0 spiro atoms.